The van der Waals surface area contributed by atoms with E-state index >= 15 is 0 Å². The van der Waals surface area contributed by atoms with E-state index in [1.54, 1.807) is 0 Å². The van der Waals surface area contributed by atoms with E-state index in [0.29, 0.717) is 0 Å². The van der Waals surface area contributed by atoms with Crippen LogP contribution in [0, 0.1) is 0 Å². The van der Waals surface area contributed by atoms with Crippen LogP contribution in [0.2, 0.25) is 0 Å². The Labute approximate surface area is 103 Å². The molecule has 0 rings (SSSR count). The first kappa shape index (κ1) is 16.3. The summed E-state index contributed by atoms with van der Waals surface area (Å²) in [5, 5.41) is 17.9. The van der Waals surface area contributed by atoms with Crippen LogP contribution < -0.4 is 21.7 Å². The Hall–Kier alpha value is -0.690. The molecular weight excluding hydrogens is 220 g/mol. The average molecular weight is 246 g/mol. The quantitative estimate of drug-likeness (QED) is 0.266. The summed E-state index contributed by atoms with van der Waals surface area (Å²) >= 11 is 0. The van der Waals surface area contributed by atoms with E-state index in [1.165, 1.54) is 0 Å². The molecule has 0 radical (unpaired) electrons. The van der Waals surface area contributed by atoms with Crippen LogP contribution in [0.1, 0.15) is 19.3 Å². The number of nitrogens with two attached hydrogens (primary N) is 1. The highest BCUT2D eigenvalue weighted by atomic mass is 16.4. The Morgan fingerprint density at radius 1 is 0.882 bits per heavy atom. The first-order valence-electron chi connectivity index (χ1n) is 6.31. The third-order valence-corrected chi connectivity index (χ3v) is 2.25. The number of hydrogen-bond donors (Lipinski definition) is 5. The zero-order chi connectivity index (χ0) is 12.8. The lowest BCUT2D eigenvalue weighted by Gasteiger charge is -2.06. The van der Waals surface area contributed by atoms with Gasteiger partial charge >= 0.3 is 5.97 Å². The molecule has 0 amide bonds. The molecule has 0 aliphatic heterocycles. The molecule has 0 saturated carbocycles. The Bertz CT molecular complexity index is 179. The molecule has 6 nitrogen and oxygen atoms in total. The second-order valence-corrected chi connectivity index (χ2v) is 3.92. The number of rotatable bonds is 13. The monoisotopic (exact) mass is 246 g/mol. The van der Waals surface area contributed by atoms with Gasteiger partial charge in [0.2, 0.25) is 0 Å². The van der Waals surface area contributed by atoms with Gasteiger partial charge in [0.25, 0.3) is 0 Å². The van der Waals surface area contributed by atoms with E-state index in [9.17, 15) is 4.79 Å². The van der Waals surface area contributed by atoms with Crippen LogP contribution in [0.5, 0.6) is 0 Å². The number of nitrogens with one attached hydrogen (secondary N) is 3. The number of hydrogen-bond acceptors (Lipinski definition) is 5. The van der Waals surface area contributed by atoms with Gasteiger partial charge in [0, 0.05) is 0 Å². The van der Waals surface area contributed by atoms with Gasteiger partial charge in [-0.15, -0.1) is 0 Å². The fourth-order valence-electron chi connectivity index (χ4n) is 1.35. The van der Waals surface area contributed by atoms with Crippen molar-refractivity contribution in [2.75, 3.05) is 45.8 Å². The molecule has 0 heterocycles. The van der Waals surface area contributed by atoms with Crippen molar-refractivity contribution in [3.8, 4) is 0 Å². The smallest absolute Gasteiger partial charge is 0.317 e. The maximum atomic E-state index is 10.2. The van der Waals surface area contributed by atoms with E-state index in [4.69, 9.17) is 10.8 Å². The number of aliphatic carboxylic acids is 1. The topological polar surface area (TPSA) is 99.4 Å². The lowest BCUT2D eigenvalue weighted by molar-refractivity contribution is -0.135. The lowest BCUT2D eigenvalue weighted by atomic mass is 10.3. The van der Waals surface area contributed by atoms with Crippen molar-refractivity contribution in [2.45, 2.75) is 19.3 Å². The first-order chi connectivity index (χ1) is 8.27. The summed E-state index contributed by atoms with van der Waals surface area (Å²) in [5.74, 6) is -0.804. The summed E-state index contributed by atoms with van der Waals surface area (Å²) in [4.78, 5) is 10.2. The van der Waals surface area contributed by atoms with Crippen molar-refractivity contribution in [2.24, 2.45) is 5.73 Å². The summed E-state index contributed by atoms with van der Waals surface area (Å²) in [6, 6.07) is 0. The third-order valence-electron chi connectivity index (χ3n) is 2.25. The Morgan fingerprint density at radius 2 is 1.35 bits per heavy atom. The molecule has 0 bridgehead atoms. The number of carboxylic acid groups (broad SMARTS) is 1. The highest BCUT2D eigenvalue weighted by molar-refractivity contribution is 5.68. The molecule has 0 unspecified atom stereocenters. The van der Waals surface area contributed by atoms with Gasteiger partial charge in [0.05, 0.1) is 6.54 Å². The normalized spacial score (nSPS) is 10.6. The molecule has 17 heavy (non-hydrogen) atoms. The molecule has 0 spiro atoms. The lowest BCUT2D eigenvalue weighted by Crippen LogP contribution is -2.28. The highest BCUT2D eigenvalue weighted by Crippen LogP contribution is 1.78. The summed E-state index contributed by atoms with van der Waals surface area (Å²) in [6.07, 6.45) is 3.09. The minimum atomic E-state index is -0.804. The van der Waals surface area contributed by atoms with Crippen LogP contribution >= 0.6 is 0 Å². The molecule has 0 aliphatic carbocycles. The van der Waals surface area contributed by atoms with Crippen molar-refractivity contribution in [3.63, 3.8) is 0 Å². The fourth-order valence-corrected chi connectivity index (χ4v) is 1.35. The van der Waals surface area contributed by atoms with Crippen LogP contribution in [-0.4, -0.2) is 56.9 Å². The van der Waals surface area contributed by atoms with Gasteiger partial charge in [-0.1, -0.05) is 0 Å². The van der Waals surface area contributed by atoms with Gasteiger partial charge < -0.3 is 26.8 Å². The minimum absolute atomic E-state index is 0.0467. The van der Waals surface area contributed by atoms with Gasteiger partial charge in [-0.2, -0.15) is 0 Å². The summed E-state index contributed by atoms with van der Waals surface area (Å²) in [6.45, 7) is 5.47. The molecule has 102 valence electrons. The van der Waals surface area contributed by atoms with E-state index in [1.807, 2.05) is 0 Å². The van der Waals surface area contributed by atoms with Crippen molar-refractivity contribution < 1.29 is 9.90 Å². The van der Waals surface area contributed by atoms with Gasteiger partial charge in [-0.3, -0.25) is 4.79 Å². The van der Waals surface area contributed by atoms with E-state index in [-0.39, 0.29) is 6.54 Å². The third kappa shape index (κ3) is 15.3. The largest absolute Gasteiger partial charge is 0.480 e. The Balaban J connectivity index is 2.91. The SMILES string of the molecule is NCCCNCCCNCCCNCC(=O)O. The van der Waals surface area contributed by atoms with Crippen LogP contribution in [0.4, 0.5) is 0 Å². The van der Waals surface area contributed by atoms with Crippen LogP contribution in [0.15, 0.2) is 0 Å². The van der Waals surface area contributed by atoms with Crippen molar-refractivity contribution in [3.05, 3.63) is 0 Å². The van der Waals surface area contributed by atoms with Crippen LogP contribution in [0.25, 0.3) is 0 Å². The molecular formula is C11H26N4O2. The molecule has 6 N–H and O–H groups in total. The first-order valence-corrected chi connectivity index (χ1v) is 6.31. The highest BCUT2D eigenvalue weighted by Gasteiger charge is 1.94. The summed E-state index contributed by atoms with van der Waals surface area (Å²) in [7, 11) is 0. The molecule has 0 atom stereocenters. The number of carboxylic acids is 1. The van der Waals surface area contributed by atoms with Gasteiger partial charge in [-0.05, 0) is 58.5 Å². The summed E-state index contributed by atoms with van der Waals surface area (Å²) < 4.78 is 0. The van der Waals surface area contributed by atoms with E-state index in [0.717, 1.165) is 58.5 Å². The van der Waals surface area contributed by atoms with Crippen LogP contribution in [0.3, 0.4) is 0 Å². The molecule has 0 aliphatic rings. The molecule has 0 aromatic heterocycles. The zero-order valence-corrected chi connectivity index (χ0v) is 10.5. The summed E-state index contributed by atoms with van der Waals surface area (Å²) in [5.41, 5.74) is 5.37. The minimum Gasteiger partial charge on any atom is -0.480 e. The second kappa shape index (κ2) is 13.4. The maximum Gasteiger partial charge on any atom is 0.317 e. The Kier molecular flexibility index (Phi) is 12.8. The van der Waals surface area contributed by atoms with E-state index in [2.05, 4.69) is 16.0 Å². The maximum absolute atomic E-state index is 10.2. The predicted octanol–water partition coefficient (Wildman–Crippen LogP) is -1.03. The standard InChI is InChI=1S/C11H26N4O2/c12-4-1-5-13-6-2-7-14-8-3-9-15-10-11(16)17/h13-15H,1-10,12H2,(H,16,17). The molecule has 0 fully saturated rings. The zero-order valence-electron chi connectivity index (χ0n) is 10.5. The predicted molar refractivity (Wildman–Crippen MR) is 69.2 cm³/mol. The average Bonchev–Trinajstić information content (AvgIpc) is 2.30. The molecule has 0 aromatic carbocycles. The second-order valence-electron chi connectivity index (χ2n) is 3.92. The van der Waals surface area contributed by atoms with Gasteiger partial charge in [0.1, 0.15) is 0 Å². The van der Waals surface area contributed by atoms with Crippen molar-refractivity contribution >= 4 is 5.97 Å². The molecule has 0 saturated heterocycles. The van der Waals surface area contributed by atoms with Crippen molar-refractivity contribution in [1.29, 1.82) is 0 Å². The van der Waals surface area contributed by atoms with E-state index < -0.39 is 5.97 Å². The van der Waals surface area contributed by atoms with Gasteiger partial charge in [0.15, 0.2) is 0 Å². The number of carbonyl (C=O) groups is 1. The van der Waals surface area contributed by atoms with Crippen LogP contribution in [-0.2, 0) is 4.79 Å². The van der Waals surface area contributed by atoms with Gasteiger partial charge in [-0.25, -0.2) is 0 Å². The molecule has 0 aromatic rings. The Morgan fingerprint density at radius 3 is 1.82 bits per heavy atom. The van der Waals surface area contributed by atoms with Crippen molar-refractivity contribution in [1.82, 2.24) is 16.0 Å². The fraction of sp³-hybridized carbons (Fsp3) is 0.909. The molecule has 6 heteroatoms.